The summed E-state index contributed by atoms with van der Waals surface area (Å²) >= 11 is 0. The second kappa shape index (κ2) is 52.1. The second-order valence-corrected chi connectivity index (χ2v) is 25.3. The van der Waals surface area contributed by atoms with E-state index in [1.54, 1.807) is 6.08 Å². The molecule has 0 aromatic heterocycles. The smallest absolute Gasteiger partial charge is 0.220 e. The van der Waals surface area contributed by atoms with Gasteiger partial charge < -0.3 is 89.9 Å². The predicted octanol–water partition coefficient (Wildman–Crippen LogP) is 9.39. The van der Waals surface area contributed by atoms with Gasteiger partial charge in [0.2, 0.25) is 5.91 Å². The van der Waals surface area contributed by atoms with Gasteiger partial charge in [0.15, 0.2) is 18.9 Å². The van der Waals surface area contributed by atoms with Crippen molar-refractivity contribution in [1.82, 2.24) is 5.32 Å². The Hall–Kier alpha value is -2.25. The van der Waals surface area contributed by atoms with Gasteiger partial charge in [0.25, 0.3) is 0 Å². The van der Waals surface area contributed by atoms with Gasteiger partial charge in [0.05, 0.1) is 38.6 Å². The Labute approximate surface area is 535 Å². The maximum Gasteiger partial charge on any atom is 0.220 e. The number of aliphatic hydroxyl groups excluding tert-OH is 11. The monoisotopic (exact) mass is 1270 g/mol. The average Bonchev–Trinajstić information content (AvgIpc) is 2.22. The molecule has 0 saturated carbocycles. The number of allylic oxidation sites excluding steroid dienone is 7. The molecule has 89 heavy (non-hydrogen) atoms. The molecule has 0 radical (unpaired) electrons. The van der Waals surface area contributed by atoms with Crippen LogP contribution in [0.25, 0.3) is 0 Å². The first-order chi connectivity index (χ1) is 43.3. The molecular formula is C70H127NO18. The quantitative estimate of drug-likeness (QED) is 0.0199. The average molecular weight is 1270 g/mol. The number of carbonyl (C=O) groups excluding carboxylic acids is 1. The molecule has 12 N–H and O–H groups in total. The molecule has 3 heterocycles. The van der Waals surface area contributed by atoms with E-state index in [4.69, 9.17) is 28.4 Å². The van der Waals surface area contributed by atoms with Crippen LogP contribution < -0.4 is 5.32 Å². The Balaban J connectivity index is 1.45. The van der Waals surface area contributed by atoms with Gasteiger partial charge in [-0.1, -0.05) is 229 Å². The van der Waals surface area contributed by atoms with Crippen molar-refractivity contribution < 1.29 is 89.4 Å². The number of amides is 1. The highest BCUT2D eigenvalue weighted by Crippen LogP contribution is 2.33. The lowest BCUT2D eigenvalue weighted by Gasteiger charge is -2.48. The van der Waals surface area contributed by atoms with Gasteiger partial charge in [0, 0.05) is 6.42 Å². The predicted molar refractivity (Wildman–Crippen MR) is 346 cm³/mol. The van der Waals surface area contributed by atoms with Crippen LogP contribution in [0.2, 0.25) is 0 Å². The van der Waals surface area contributed by atoms with Crippen LogP contribution in [-0.2, 0) is 33.2 Å². The highest BCUT2D eigenvalue weighted by molar-refractivity contribution is 5.76. The van der Waals surface area contributed by atoms with Crippen LogP contribution in [0.4, 0.5) is 0 Å². The van der Waals surface area contributed by atoms with E-state index in [1.165, 1.54) is 167 Å². The van der Waals surface area contributed by atoms with Crippen molar-refractivity contribution in [2.24, 2.45) is 0 Å². The maximum absolute atomic E-state index is 13.4. The van der Waals surface area contributed by atoms with Crippen molar-refractivity contribution in [3.05, 3.63) is 48.6 Å². The maximum atomic E-state index is 13.4. The lowest BCUT2D eigenvalue weighted by molar-refractivity contribution is -0.379. The van der Waals surface area contributed by atoms with E-state index in [-0.39, 0.29) is 18.9 Å². The van der Waals surface area contributed by atoms with Gasteiger partial charge in [-0.25, -0.2) is 0 Å². The molecule has 3 saturated heterocycles. The van der Waals surface area contributed by atoms with E-state index >= 15 is 0 Å². The van der Waals surface area contributed by atoms with Crippen molar-refractivity contribution in [1.29, 1.82) is 0 Å². The Bertz CT molecular complexity index is 1800. The highest BCUT2D eigenvalue weighted by atomic mass is 16.8. The molecule has 3 rings (SSSR count). The molecule has 0 bridgehead atoms. The summed E-state index contributed by atoms with van der Waals surface area (Å²) in [6, 6.07) is -1.000. The van der Waals surface area contributed by atoms with Gasteiger partial charge in [-0.3, -0.25) is 4.79 Å². The van der Waals surface area contributed by atoms with Crippen LogP contribution in [0, 0.1) is 0 Å². The number of rotatable bonds is 54. The summed E-state index contributed by atoms with van der Waals surface area (Å²) in [7, 11) is 0. The summed E-state index contributed by atoms with van der Waals surface area (Å²) in [6.07, 6.45) is 35.2. The van der Waals surface area contributed by atoms with E-state index in [2.05, 4.69) is 55.6 Å². The lowest BCUT2D eigenvalue weighted by atomic mass is 9.96. The third-order valence-electron chi connectivity index (χ3n) is 17.6. The zero-order chi connectivity index (χ0) is 64.7. The number of ether oxygens (including phenoxy) is 6. The number of hydrogen-bond donors (Lipinski definition) is 12. The Kier molecular flexibility index (Phi) is 47.4. The Morgan fingerprint density at radius 1 is 0.393 bits per heavy atom. The molecule has 19 heteroatoms. The molecule has 17 atom stereocenters. The van der Waals surface area contributed by atoms with E-state index in [9.17, 15) is 61.0 Å². The molecule has 17 unspecified atom stereocenters. The van der Waals surface area contributed by atoms with Crippen LogP contribution in [0.15, 0.2) is 48.6 Å². The first-order valence-electron chi connectivity index (χ1n) is 35.4. The Morgan fingerprint density at radius 2 is 0.719 bits per heavy atom. The van der Waals surface area contributed by atoms with Crippen molar-refractivity contribution >= 4 is 5.91 Å². The van der Waals surface area contributed by atoms with Gasteiger partial charge in [-0.05, 0) is 70.6 Å². The minimum absolute atomic E-state index is 0.226. The van der Waals surface area contributed by atoms with Crippen LogP contribution in [-0.4, -0.2) is 193 Å². The van der Waals surface area contributed by atoms with Crippen LogP contribution in [0.3, 0.4) is 0 Å². The first kappa shape index (κ1) is 81.0. The molecule has 3 aliphatic heterocycles. The van der Waals surface area contributed by atoms with E-state index < -0.39 is 124 Å². The normalized spacial score (nSPS) is 28.5. The SMILES string of the molecule is CCCCCCCC/C=C\CCCCCCCCCC(=O)NC(COC1OC(CO)C(OC2OC(CO)C(OC3OC(CO)C(O)C(O)C3O)C(O)C2O)C(O)C1O)C(O)/C=C/CC/C=C/CC/C=C/CCCCCCCCCCCCCCCCCCC. The van der Waals surface area contributed by atoms with Gasteiger partial charge in [0.1, 0.15) is 73.2 Å². The summed E-state index contributed by atoms with van der Waals surface area (Å²) in [4.78, 5) is 13.4. The number of unbranched alkanes of at least 4 members (excludes halogenated alkanes) is 32. The lowest BCUT2D eigenvalue weighted by Crippen LogP contribution is -2.66. The number of nitrogens with one attached hydrogen (secondary N) is 1. The second-order valence-electron chi connectivity index (χ2n) is 25.3. The van der Waals surface area contributed by atoms with Crippen LogP contribution >= 0.6 is 0 Å². The van der Waals surface area contributed by atoms with Crippen molar-refractivity contribution in [2.75, 3.05) is 26.4 Å². The zero-order valence-corrected chi connectivity index (χ0v) is 54.9. The van der Waals surface area contributed by atoms with Crippen molar-refractivity contribution in [2.45, 2.75) is 362 Å². The standard InChI is InChI=1S/C70H127NO18/c1-3-5-7-9-11-13-15-17-19-21-22-23-24-25-26-27-28-29-30-32-33-35-37-39-41-43-45-47-54(75)53(71-58(76)48-46-44-42-40-38-36-34-31-20-18-16-14-12-10-8-6-4-2)52-84-68-64(82)61(79)66(56(50-73)86-68)89-70-65(83)62(80)67(57(51-74)87-70)88-69-63(81)60(78)59(77)55(49-72)85-69/h18,20,30,32,37,39,45,47,53-57,59-70,72-75,77-83H,3-17,19,21-29,31,33-36,38,40-44,46,48-52H2,1-2H3,(H,71,76)/b20-18-,32-30+,39-37+,47-45+. The summed E-state index contributed by atoms with van der Waals surface area (Å²) < 4.78 is 34.3. The third kappa shape index (κ3) is 34.1. The fraction of sp³-hybridized carbons (Fsp3) is 0.871. The highest BCUT2D eigenvalue weighted by Gasteiger charge is 2.53. The summed E-state index contributed by atoms with van der Waals surface area (Å²) in [5.41, 5.74) is 0. The molecule has 0 spiro atoms. The first-order valence-corrected chi connectivity index (χ1v) is 35.4. The molecule has 3 fully saturated rings. The molecule has 3 aliphatic rings. The molecule has 1 amide bonds. The Morgan fingerprint density at radius 3 is 1.12 bits per heavy atom. The minimum Gasteiger partial charge on any atom is -0.394 e. The fourth-order valence-corrected chi connectivity index (χ4v) is 11.8. The molecule has 520 valence electrons. The molecule has 0 aliphatic carbocycles. The molecular weight excluding hydrogens is 1140 g/mol. The summed E-state index contributed by atoms with van der Waals surface area (Å²) in [5, 5.41) is 120. The van der Waals surface area contributed by atoms with E-state index in [1.807, 2.05) is 6.08 Å². The molecule has 0 aromatic carbocycles. The summed E-state index contributed by atoms with van der Waals surface area (Å²) in [6.45, 7) is 1.71. The fourth-order valence-electron chi connectivity index (χ4n) is 11.8. The number of hydrogen-bond acceptors (Lipinski definition) is 18. The zero-order valence-electron chi connectivity index (χ0n) is 54.9. The van der Waals surface area contributed by atoms with Gasteiger partial charge in [-0.2, -0.15) is 0 Å². The largest absolute Gasteiger partial charge is 0.394 e. The van der Waals surface area contributed by atoms with E-state index in [0.29, 0.717) is 12.8 Å². The van der Waals surface area contributed by atoms with E-state index in [0.717, 1.165) is 57.8 Å². The number of aliphatic hydroxyl groups is 11. The minimum atomic E-state index is -1.98. The van der Waals surface area contributed by atoms with Crippen LogP contribution in [0.5, 0.6) is 0 Å². The topological polar surface area (TPSA) is 307 Å². The van der Waals surface area contributed by atoms with Crippen molar-refractivity contribution in [3.8, 4) is 0 Å². The van der Waals surface area contributed by atoms with Gasteiger partial charge >= 0.3 is 0 Å². The number of carbonyl (C=O) groups is 1. The van der Waals surface area contributed by atoms with Gasteiger partial charge in [-0.15, -0.1) is 0 Å². The van der Waals surface area contributed by atoms with Crippen molar-refractivity contribution in [3.63, 3.8) is 0 Å². The van der Waals surface area contributed by atoms with Crippen LogP contribution in [0.1, 0.15) is 258 Å². The third-order valence-corrected chi connectivity index (χ3v) is 17.6. The molecule has 0 aromatic rings. The summed E-state index contributed by atoms with van der Waals surface area (Å²) in [5.74, 6) is -0.293. The molecule has 19 nitrogen and oxygen atoms in total.